The zero-order valence-electron chi connectivity index (χ0n) is 9.35. The number of benzene rings is 1. The number of hydrogen-bond donors (Lipinski definition) is 2. The Morgan fingerprint density at radius 1 is 1.47 bits per heavy atom. The highest BCUT2D eigenvalue weighted by atomic mass is 16.5. The molecule has 0 saturated carbocycles. The largest absolute Gasteiger partial charge is 0.394 e. The Labute approximate surface area is 99.6 Å². The van der Waals surface area contributed by atoms with Crippen LogP contribution in [0.25, 0.3) is 0 Å². The van der Waals surface area contributed by atoms with Gasteiger partial charge in [-0.05, 0) is 18.2 Å². The molecule has 0 saturated heterocycles. The normalized spacial score (nSPS) is 9.65. The first-order valence-corrected chi connectivity index (χ1v) is 5.25. The lowest BCUT2D eigenvalue weighted by molar-refractivity contribution is -0.117. The number of ether oxygens (including phenoxy) is 1. The molecule has 0 aromatic heterocycles. The maximum absolute atomic E-state index is 11.4. The molecule has 0 unspecified atom stereocenters. The van der Waals surface area contributed by atoms with E-state index in [0.717, 1.165) is 0 Å². The number of aliphatic hydroxyl groups excluding tert-OH is 1. The van der Waals surface area contributed by atoms with Crippen LogP contribution in [0.1, 0.15) is 12.0 Å². The third kappa shape index (κ3) is 5.11. The number of nitrogens with one attached hydrogen (secondary N) is 1. The minimum atomic E-state index is -0.182. The van der Waals surface area contributed by atoms with Crippen molar-refractivity contribution >= 4 is 11.6 Å². The van der Waals surface area contributed by atoms with E-state index in [9.17, 15) is 4.79 Å². The van der Waals surface area contributed by atoms with Crippen LogP contribution in [0.15, 0.2) is 24.3 Å². The summed E-state index contributed by atoms with van der Waals surface area (Å²) in [5, 5.41) is 19.8. The Bertz CT molecular complexity index is 412. The number of anilines is 1. The highest BCUT2D eigenvalue weighted by Gasteiger charge is 2.02. The van der Waals surface area contributed by atoms with Gasteiger partial charge in [0, 0.05) is 5.69 Å². The number of rotatable bonds is 6. The van der Waals surface area contributed by atoms with E-state index in [1.165, 1.54) is 0 Å². The molecule has 0 aliphatic rings. The number of amides is 1. The van der Waals surface area contributed by atoms with E-state index in [-0.39, 0.29) is 32.1 Å². The van der Waals surface area contributed by atoms with Crippen molar-refractivity contribution in [1.82, 2.24) is 0 Å². The van der Waals surface area contributed by atoms with Gasteiger partial charge in [-0.25, -0.2) is 0 Å². The van der Waals surface area contributed by atoms with Crippen molar-refractivity contribution in [3.8, 4) is 6.07 Å². The predicted molar refractivity (Wildman–Crippen MR) is 62.3 cm³/mol. The lowest BCUT2D eigenvalue weighted by atomic mass is 10.2. The summed E-state index contributed by atoms with van der Waals surface area (Å²) >= 11 is 0. The van der Waals surface area contributed by atoms with Crippen molar-refractivity contribution in [2.45, 2.75) is 6.42 Å². The zero-order valence-corrected chi connectivity index (χ0v) is 9.35. The second-order valence-corrected chi connectivity index (χ2v) is 3.33. The van der Waals surface area contributed by atoms with E-state index in [1.807, 2.05) is 6.07 Å². The van der Waals surface area contributed by atoms with Crippen molar-refractivity contribution < 1.29 is 14.6 Å². The quantitative estimate of drug-likeness (QED) is 0.716. The van der Waals surface area contributed by atoms with E-state index < -0.39 is 0 Å². The fourth-order valence-electron chi connectivity index (χ4n) is 1.22. The second-order valence-electron chi connectivity index (χ2n) is 3.33. The molecule has 0 spiro atoms. The number of hydrogen-bond acceptors (Lipinski definition) is 4. The molecule has 1 aromatic carbocycles. The molecule has 0 aliphatic carbocycles. The Kier molecular flexibility index (Phi) is 5.72. The maximum atomic E-state index is 11.4. The Balaban J connectivity index is 2.37. The lowest BCUT2D eigenvalue weighted by Crippen LogP contribution is -2.14. The number of carbonyl (C=O) groups excluding carboxylic acids is 1. The van der Waals surface area contributed by atoms with Gasteiger partial charge in [0.2, 0.25) is 5.91 Å². The van der Waals surface area contributed by atoms with Gasteiger partial charge in [-0.1, -0.05) is 6.07 Å². The van der Waals surface area contributed by atoms with Gasteiger partial charge in [0.15, 0.2) is 0 Å². The summed E-state index contributed by atoms with van der Waals surface area (Å²) in [6, 6.07) is 8.69. The molecule has 0 heterocycles. The highest BCUT2D eigenvalue weighted by molar-refractivity contribution is 5.90. The minimum Gasteiger partial charge on any atom is -0.394 e. The number of carbonyl (C=O) groups is 1. The summed E-state index contributed by atoms with van der Waals surface area (Å²) in [6.45, 7) is 0.452. The smallest absolute Gasteiger partial charge is 0.226 e. The summed E-state index contributed by atoms with van der Waals surface area (Å²) in [4.78, 5) is 11.4. The lowest BCUT2D eigenvalue weighted by Gasteiger charge is -2.05. The molecule has 1 amide bonds. The molecule has 0 atom stereocenters. The summed E-state index contributed by atoms with van der Waals surface area (Å²) < 4.78 is 4.97. The van der Waals surface area contributed by atoms with Crippen molar-refractivity contribution in [2.75, 3.05) is 25.1 Å². The van der Waals surface area contributed by atoms with Gasteiger partial charge in [0.25, 0.3) is 0 Å². The fourth-order valence-corrected chi connectivity index (χ4v) is 1.22. The molecule has 17 heavy (non-hydrogen) atoms. The SMILES string of the molecule is N#Cc1cccc(NC(=O)CCOCCO)c1. The molecular formula is C12H14N2O3. The first kappa shape index (κ1) is 13.2. The maximum Gasteiger partial charge on any atom is 0.226 e. The van der Waals surface area contributed by atoms with Crippen molar-refractivity contribution in [3.05, 3.63) is 29.8 Å². The van der Waals surface area contributed by atoms with E-state index >= 15 is 0 Å². The van der Waals surface area contributed by atoms with Crippen LogP contribution in [0, 0.1) is 11.3 Å². The van der Waals surface area contributed by atoms with E-state index in [1.54, 1.807) is 24.3 Å². The fraction of sp³-hybridized carbons (Fsp3) is 0.333. The van der Waals surface area contributed by atoms with Gasteiger partial charge in [0.05, 0.1) is 37.9 Å². The first-order chi connectivity index (χ1) is 8.26. The van der Waals surface area contributed by atoms with Crippen LogP contribution in [-0.2, 0) is 9.53 Å². The molecule has 5 nitrogen and oxygen atoms in total. The van der Waals surface area contributed by atoms with Crippen LogP contribution >= 0.6 is 0 Å². The predicted octanol–water partition coefficient (Wildman–Crippen LogP) is 0.896. The molecule has 5 heteroatoms. The molecule has 90 valence electrons. The van der Waals surface area contributed by atoms with Gasteiger partial charge in [-0.2, -0.15) is 5.26 Å². The van der Waals surface area contributed by atoms with E-state index in [4.69, 9.17) is 15.1 Å². The average molecular weight is 234 g/mol. The van der Waals surface area contributed by atoms with Crippen LogP contribution in [0.2, 0.25) is 0 Å². The summed E-state index contributed by atoms with van der Waals surface area (Å²) in [7, 11) is 0. The van der Waals surface area contributed by atoms with Crippen LogP contribution < -0.4 is 5.32 Å². The number of aliphatic hydroxyl groups is 1. The summed E-state index contributed by atoms with van der Waals surface area (Å²) in [5.41, 5.74) is 1.09. The van der Waals surface area contributed by atoms with Gasteiger partial charge in [0.1, 0.15) is 0 Å². The molecule has 2 N–H and O–H groups in total. The summed E-state index contributed by atoms with van der Waals surface area (Å²) in [5.74, 6) is -0.182. The van der Waals surface area contributed by atoms with Crippen LogP contribution in [0.5, 0.6) is 0 Å². The van der Waals surface area contributed by atoms with Crippen LogP contribution in [-0.4, -0.2) is 30.8 Å². The van der Waals surface area contributed by atoms with Crippen molar-refractivity contribution in [2.24, 2.45) is 0 Å². The Morgan fingerprint density at radius 2 is 2.29 bits per heavy atom. The van der Waals surface area contributed by atoms with E-state index in [0.29, 0.717) is 11.3 Å². The Hall–Kier alpha value is -1.90. The van der Waals surface area contributed by atoms with E-state index in [2.05, 4.69) is 5.32 Å². The molecule has 1 rings (SSSR count). The minimum absolute atomic E-state index is 0.0498. The van der Waals surface area contributed by atoms with Gasteiger partial charge >= 0.3 is 0 Å². The van der Waals surface area contributed by atoms with Crippen LogP contribution in [0.4, 0.5) is 5.69 Å². The molecule has 1 aromatic rings. The molecule has 0 aliphatic heterocycles. The van der Waals surface area contributed by atoms with Gasteiger partial charge in [-0.3, -0.25) is 4.79 Å². The average Bonchev–Trinajstić information content (AvgIpc) is 2.35. The summed E-state index contributed by atoms with van der Waals surface area (Å²) in [6.07, 6.45) is 0.219. The molecule has 0 radical (unpaired) electrons. The van der Waals surface area contributed by atoms with Crippen molar-refractivity contribution in [1.29, 1.82) is 5.26 Å². The third-order valence-electron chi connectivity index (χ3n) is 1.98. The molecular weight excluding hydrogens is 220 g/mol. The molecule has 0 fully saturated rings. The Morgan fingerprint density at radius 3 is 3.00 bits per heavy atom. The molecule has 0 bridgehead atoms. The van der Waals surface area contributed by atoms with Crippen LogP contribution in [0.3, 0.4) is 0 Å². The first-order valence-electron chi connectivity index (χ1n) is 5.25. The van der Waals surface area contributed by atoms with Gasteiger partial charge < -0.3 is 15.2 Å². The topological polar surface area (TPSA) is 82.4 Å². The standard InChI is InChI=1S/C12H14N2O3/c13-9-10-2-1-3-11(8-10)14-12(16)4-6-17-7-5-15/h1-3,8,15H,4-7H2,(H,14,16). The number of nitriles is 1. The third-order valence-corrected chi connectivity index (χ3v) is 1.98. The monoisotopic (exact) mass is 234 g/mol. The number of nitrogens with zero attached hydrogens (tertiary/aromatic N) is 1. The highest BCUT2D eigenvalue weighted by Crippen LogP contribution is 2.09. The zero-order chi connectivity index (χ0) is 12.5. The van der Waals surface area contributed by atoms with Gasteiger partial charge in [-0.15, -0.1) is 0 Å². The second kappa shape index (κ2) is 7.39. The van der Waals surface area contributed by atoms with Crippen molar-refractivity contribution in [3.63, 3.8) is 0 Å².